The predicted octanol–water partition coefficient (Wildman–Crippen LogP) is 3.00. The molecular weight excluding hydrogens is 297 g/mol. The smallest absolute Gasteiger partial charge is 0.491 e. The number of benzene rings is 1. The molecule has 1 saturated heterocycles. The molecule has 2 rings (SSSR count). The summed E-state index contributed by atoms with van der Waals surface area (Å²) in [5, 5.41) is 0. The summed E-state index contributed by atoms with van der Waals surface area (Å²) in [6.45, 7) is 12.3. The molecule has 0 bridgehead atoms. The van der Waals surface area contributed by atoms with Gasteiger partial charge in [-0.1, -0.05) is 0 Å². The van der Waals surface area contributed by atoms with Crippen LogP contribution < -0.4 is 14.9 Å². The van der Waals surface area contributed by atoms with E-state index in [1.165, 1.54) is 0 Å². The maximum absolute atomic E-state index is 6.14. The van der Waals surface area contributed by atoms with Gasteiger partial charge in [-0.05, 0) is 84.2 Å². The highest BCUT2D eigenvalue weighted by Crippen LogP contribution is 2.37. The van der Waals surface area contributed by atoms with Crippen LogP contribution in [-0.4, -0.2) is 31.5 Å². The summed E-state index contributed by atoms with van der Waals surface area (Å²) in [4.78, 5) is 1.07. The number of hydrogen-bond donors (Lipinski definition) is 1. The van der Waals surface area contributed by atoms with Crippen LogP contribution >= 0.6 is 11.9 Å². The highest BCUT2D eigenvalue weighted by atomic mass is 32.2. The average molecular weight is 323 g/mol. The molecule has 122 valence electrons. The van der Waals surface area contributed by atoms with E-state index in [0.717, 1.165) is 16.1 Å². The van der Waals surface area contributed by atoms with Gasteiger partial charge in [-0.2, -0.15) is 0 Å². The second-order valence-corrected chi connectivity index (χ2v) is 7.88. The van der Waals surface area contributed by atoms with Gasteiger partial charge in [0.05, 0.1) is 17.3 Å². The van der Waals surface area contributed by atoms with E-state index in [1.807, 2.05) is 33.0 Å². The monoisotopic (exact) mass is 323 g/mol. The fraction of sp³-hybridized carbons (Fsp3) is 0.625. The minimum atomic E-state index is -0.378. The van der Waals surface area contributed by atoms with Crippen molar-refractivity contribution >= 4 is 24.5 Å². The Labute approximate surface area is 138 Å². The van der Waals surface area contributed by atoms with Gasteiger partial charge in [0.25, 0.3) is 0 Å². The molecule has 0 atom stereocenters. The third kappa shape index (κ3) is 3.80. The number of ether oxygens (including phenoxy) is 1. The highest BCUT2D eigenvalue weighted by Gasteiger charge is 2.51. The van der Waals surface area contributed by atoms with Crippen LogP contribution in [0, 0.1) is 0 Å². The quantitative estimate of drug-likeness (QED) is 0.666. The topological polar surface area (TPSA) is 39.7 Å². The van der Waals surface area contributed by atoms with E-state index in [4.69, 9.17) is 14.0 Å². The second kappa shape index (κ2) is 6.44. The van der Waals surface area contributed by atoms with Gasteiger partial charge in [-0.15, -0.1) is 0 Å². The van der Waals surface area contributed by atoms with Crippen LogP contribution in [0.3, 0.4) is 0 Å². The molecule has 0 unspecified atom stereocenters. The Bertz CT molecular complexity index is 518. The standard InChI is InChI=1S/C16H26BNO3S/c1-11(2)19-13-8-12(9-14(10-13)22-18-7)17-20-15(3,4)16(5,6)21-17/h8-11,18H,1-7H3. The molecule has 4 nitrogen and oxygen atoms in total. The Morgan fingerprint density at radius 2 is 1.68 bits per heavy atom. The minimum absolute atomic E-state index is 0.126. The zero-order valence-electron chi connectivity index (χ0n) is 14.5. The molecule has 1 heterocycles. The Hall–Kier alpha value is -0.685. The summed E-state index contributed by atoms with van der Waals surface area (Å²) in [6.07, 6.45) is 0.126. The Kier molecular flexibility index (Phi) is 5.17. The molecule has 6 heteroatoms. The van der Waals surface area contributed by atoms with Crippen LogP contribution in [0.15, 0.2) is 23.1 Å². The first-order chi connectivity index (χ1) is 10.1. The van der Waals surface area contributed by atoms with E-state index >= 15 is 0 Å². The van der Waals surface area contributed by atoms with E-state index in [9.17, 15) is 0 Å². The molecule has 22 heavy (non-hydrogen) atoms. The average Bonchev–Trinajstić information content (AvgIpc) is 2.58. The van der Waals surface area contributed by atoms with Gasteiger partial charge < -0.3 is 14.0 Å². The van der Waals surface area contributed by atoms with E-state index in [-0.39, 0.29) is 24.4 Å². The first kappa shape index (κ1) is 17.7. The summed E-state index contributed by atoms with van der Waals surface area (Å²) in [6, 6.07) is 6.11. The van der Waals surface area contributed by atoms with Crippen LogP contribution in [0.5, 0.6) is 5.75 Å². The van der Waals surface area contributed by atoms with Crippen LogP contribution in [0.1, 0.15) is 41.5 Å². The van der Waals surface area contributed by atoms with Gasteiger partial charge in [-0.25, -0.2) is 0 Å². The summed E-state index contributed by atoms with van der Waals surface area (Å²) < 4.78 is 21.2. The zero-order valence-corrected chi connectivity index (χ0v) is 15.3. The highest BCUT2D eigenvalue weighted by molar-refractivity contribution is 7.97. The number of rotatable bonds is 5. The molecule has 1 aromatic rings. The van der Waals surface area contributed by atoms with Crippen LogP contribution in [0.25, 0.3) is 0 Å². The molecule has 1 aliphatic heterocycles. The zero-order chi connectivity index (χ0) is 16.5. The van der Waals surface area contributed by atoms with Crippen molar-refractivity contribution in [2.45, 2.75) is 63.7 Å². The lowest BCUT2D eigenvalue weighted by molar-refractivity contribution is 0.00578. The Morgan fingerprint density at radius 3 is 2.18 bits per heavy atom. The Morgan fingerprint density at radius 1 is 1.09 bits per heavy atom. The van der Waals surface area contributed by atoms with E-state index in [1.54, 1.807) is 11.9 Å². The van der Waals surface area contributed by atoms with Crippen LogP contribution in [0.4, 0.5) is 0 Å². The maximum atomic E-state index is 6.14. The van der Waals surface area contributed by atoms with Gasteiger partial charge in [0.2, 0.25) is 0 Å². The fourth-order valence-electron chi connectivity index (χ4n) is 2.23. The van der Waals surface area contributed by atoms with Gasteiger partial charge in [0.1, 0.15) is 5.75 Å². The van der Waals surface area contributed by atoms with E-state index in [0.29, 0.717) is 0 Å². The largest absolute Gasteiger partial charge is 0.495 e. The molecule has 1 aliphatic rings. The SMILES string of the molecule is CNSc1cc(OC(C)C)cc(B2OC(C)(C)C(C)(C)O2)c1. The van der Waals surface area contributed by atoms with Crippen LogP contribution in [0.2, 0.25) is 0 Å². The van der Waals surface area contributed by atoms with Crippen molar-refractivity contribution in [3.8, 4) is 5.75 Å². The first-order valence-corrected chi connectivity index (χ1v) is 8.47. The van der Waals surface area contributed by atoms with E-state index < -0.39 is 0 Å². The molecule has 1 N–H and O–H groups in total. The Balaban J connectivity index is 2.32. The normalized spacial score (nSPS) is 19.7. The molecule has 0 aliphatic carbocycles. The number of hydrogen-bond acceptors (Lipinski definition) is 5. The van der Waals surface area contributed by atoms with Gasteiger partial charge in [-0.3, -0.25) is 4.72 Å². The second-order valence-electron chi connectivity index (χ2n) is 6.80. The fourth-order valence-corrected chi connectivity index (χ4v) is 2.83. The van der Waals surface area contributed by atoms with Crippen LogP contribution in [-0.2, 0) is 9.31 Å². The van der Waals surface area contributed by atoms with Crippen molar-refractivity contribution in [1.29, 1.82) is 0 Å². The molecule has 0 spiro atoms. The summed E-state index contributed by atoms with van der Waals surface area (Å²) >= 11 is 1.55. The predicted molar refractivity (Wildman–Crippen MR) is 92.8 cm³/mol. The van der Waals surface area contributed by atoms with Gasteiger partial charge in [0, 0.05) is 4.90 Å². The van der Waals surface area contributed by atoms with Crippen molar-refractivity contribution in [2.24, 2.45) is 0 Å². The lowest BCUT2D eigenvalue weighted by atomic mass is 9.79. The number of nitrogens with one attached hydrogen (secondary N) is 1. The molecular formula is C16H26BNO3S. The van der Waals surface area contributed by atoms with Crippen molar-refractivity contribution in [3.05, 3.63) is 18.2 Å². The summed E-state index contributed by atoms with van der Waals surface area (Å²) in [5.74, 6) is 0.833. The van der Waals surface area contributed by atoms with Crippen molar-refractivity contribution in [2.75, 3.05) is 7.05 Å². The van der Waals surface area contributed by atoms with E-state index in [2.05, 4.69) is 38.5 Å². The van der Waals surface area contributed by atoms with Gasteiger partial charge >= 0.3 is 7.12 Å². The molecule has 1 fully saturated rings. The molecule has 1 aromatic carbocycles. The summed E-state index contributed by atoms with van der Waals surface area (Å²) in [7, 11) is 1.52. The lowest BCUT2D eigenvalue weighted by Gasteiger charge is -2.32. The third-order valence-corrected chi connectivity index (χ3v) is 4.70. The van der Waals surface area contributed by atoms with Crippen molar-refractivity contribution < 1.29 is 14.0 Å². The molecule has 0 amide bonds. The third-order valence-electron chi connectivity index (χ3n) is 4.02. The lowest BCUT2D eigenvalue weighted by Crippen LogP contribution is -2.41. The maximum Gasteiger partial charge on any atom is 0.495 e. The summed E-state index contributed by atoms with van der Waals surface area (Å²) in [5.41, 5.74) is 0.292. The molecule has 0 saturated carbocycles. The molecule has 0 radical (unpaired) electrons. The molecule has 0 aromatic heterocycles. The van der Waals surface area contributed by atoms with Gasteiger partial charge in [0.15, 0.2) is 0 Å². The van der Waals surface area contributed by atoms with Crippen molar-refractivity contribution in [1.82, 2.24) is 4.72 Å². The minimum Gasteiger partial charge on any atom is -0.491 e. The first-order valence-electron chi connectivity index (χ1n) is 7.65. The van der Waals surface area contributed by atoms with Crippen molar-refractivity contribution in [3.63, 3.8) is 0 Å².